The van der Waals surface area contributed by atoms with Crippen LogP contribution in [0.3, 0.4) is 0 Å². The van der Waals surface area contributed by atoms with E-state index in [1.54, 1.807) is 18.4 Å². The third-order valence-corrected chi connectivity index (χ3v) is 5.37. The summed E-state index contributed by atoms with van der Waals surface area (Å²) in [6.07, 6.45) is 0. The number of carbonyl (C=O) groups is 1. The number of hydrogen-bond donors (Lipinski definition) is 0. The van der Waals surface area contributed by atoms with E-state index in [0.29, 0.717) is 12.1 Å². The van der Waals surface area contributed by atoms with Crippen LogP contribution in [0.2, 0.25) is 0 Å². The van der Waals surface area contributed by atoms with Crippen molar-refractivity contribution >= 4 is 22.9 Å². The van der Waals surface area contributed by atoms with Gasteiger partial charge in [0.1, 0.15) is 5.75 Å². The predicted octanol–water partition coefficient (Wildman–Crippen LogP) is 4.89. The van der Waals surface area contributed by atoms with Crippen molar-refractivity contribution in [2.45, 2.75) is 13.5 Å². The molecule has 1 amide bonds. The van der Waals surface area contributed by atoms with Crippen molar-refractivity contribution in [2.75, 3.05) is 12.0 Å². The molecule has 0 spiro atoms. The second-order valence-electron chi connectivity index (χ2n) is 5.85. The minimum atomic E-state index is 0.0196. The fourth-order valence-corrected chi connectivity index (χ4v) is 4.18. The summed E-state index contributed by atoms with van der Waals surface area (Å²) >= 11 is 1.74. The summed E-state index contributed by atoms with van der Waals surface area (Å²) in [6.45, 7) is 2.69. The van der Waals surface area contributed by atoms with Gasteiger partial charge in [0.15, 0.2) is 0 Å². The highest BCUT2D eigenvalue weighted by Gasteiger charge is 2.28. The van der Waals surface area contributed by atoms with Crippen LogP contribution in [0.5, 0.6) is 5.75 Å². The van der Waals surface area contributed by atoms with E-state index in [1.165, 1.54) is 20.9 Å². The van der Waals surface area contributed by atoms with Gasteiger partial charge in [-0.2, -0.15) is 0 Å². The number of hydrogen-bond acceptors (Lipinski definition) is 3. The molecule has 3 nitrogen and oxygen atoms in total. The number of thiophene rings is 1. The van der Waals surface area contributed by atoms with Gasteiger partial charge in [0.05, 0.1) is 24.2 Å². The molecule has 3 aromatic rings. The van der Waals surface area contributed by atoms with Crippen molar-refractivity contribution in [3.05, 3.63) is 70.6 Å². The van der Waals surface area contributed by atoms with E-state index in [-0.39, 0.29) is 5.91 Å². The number of methoxy groups -OCH3 is 1. The van der Waals surface area contributed by atoms with Gasteiger partial charge in [-0.25, -0.2) is 0 Å². The number of aryl methyl sites for hydroxylation is 1. The molecule has 1 aliphatic rings. The fourth-order valence-electron chi connectivity index (χ4n) is 3.10. The van der Waals surface area contributed by atoms with Crippen molar-refractivity contribution in [2.24, 2.45) is 0 Å². The van der Waals surface area contributed by atoms with Gasteiger partial charge in [0.25, 0.3) is 5.91 Å². The number of nitrogens with zero attached hydrogens (tertiary/aromatic N) is 1. The molecular weight excluding hydrogens is 318 g/mol. The largest absolute Gasteiger partial charge is 0.497 e. The Hall–Kier alpha value is -2.59. The van der Waals surface area contributed by atoms with Crippen LogP contribution in [0, 0.1) is 6.92 Å². The van der Waals surface area contributed by atoms with E-state index in [2.05, 4.69) is 31.2 Å². The van der Waals surface area contributed by atoms with Gasteiger partial charge in [0, 0.05) is 10.4 Å². The molecule has 0 saturated heterocycles. The van der Waals surface area contributed by atoms with E-state index >= 15 is 0 Å². The molecule has 24 heavy (non-hydrogen) atoms. The summed E-state index contributed by atoms with van der Waals surface area (Å²) in [5.74, 6) is 0.772. The molecule has 120 valence electrons. The van der Waals surface area contributed by atoms with E-state index < -0.39 is 0 Å². The van der Waals surface area contributed by atoms with Gasteiger partial charge >= 0.3 is 0 Å². The maximum atomic E-state index is 13.1. The van der Waals surface area contributed by atoms with E-state index in [4.69, 9.17) is 4.74 Å². The van der Waals surface area contributed by atoms with Crippen molar-refractivity contribution in [1.29, 1.82) is 0 Å². The Morgan fingerprint density at radius 2 is 1.88 bits per heavy atom. The maximum absolute atomic E-state index is 13.1. The van der Waals surface area contributed by atoms with Crippen LogP contribution in [0.15, 0.2) is 54.6 Å². The molecule has 2 heterocycles. The second kappa shape index (κ2) is 5.80. The predicted molar refractivity (Wildman–Crippen MR) is 98.0 cm³/mol. The molecule has 2 aromatic carbocycles. The Kier molecular flexibility index (Phi) is 3.62. The van der Waals surface area contributed by atoms with Crippen molar-refractivity contribution in [3.63, 3.8) is 0 Å². The Balaban J connectivity index is 1.77. The molecule has 0 bridgehead atoms. The lowest BCUT2D eigenvalue weighted by Gasteiger charge is -2.29. The van der Waals surface area contributed by atoms with Crippen molar-refractivity contribution < 1.29 is 9.53 Å². The first-order valence-electron chi connectivity index (χ1n) is 7.82. The van der Waals surface area contributed by atoms with Crippen LogP contribution in [-0.2, 0) is 6.54 Å². The lowest BCUT2D eigenvalue weighted by Crippen LogP contribution is -2.32. The van der Waals surface area contributed by atoms with Gasteiger partial charge < -0.3 is 9.64 Å². The Morgan fingerprint density at radius 1 is 1.12 bits per heavy atom. The molecule has 1 aliphatic heterocycles. The zero-order valence-electron chi connectivity index (χ0n) is 13.6. The summed E-state index contributed by atoms with van der Waals surface area (Å²) in [5, 5.41) is 0. The molecule has 4 heteroatoms. The Morgan fingerprint density at radius 3 is 2.62 bits per heavy atom. The number of rotatable bonds is 2. The molecule has 1 aromatic heterocycles. The number of amides is 1. The molecular formula is C20H17NO2S. The highest BCUT2D eigenvalue weighted by molar-refractivity contribution is 7.16. The zero-order valence-corrected chi connectivity index (χ0v) is 14.4. The maximum Gasteiger partial charge on any atom is 0.258 e. The first-order valence-corrected chi connectivity index (χ1v) is 8.63. The monoisotopic (exact) mass is 335 g/mol. The standard InChI is InChI=1S/C20H17NO2S/c1-13-11-18-19(24-13)17-6-4-3-5-15(17)12-21(18)20(22)14-7-9-16(23-2)10-8-14/h3-11H,12H2,1-2H3. The van der Waals surface area contributed by atoms with Crippen LogP contribution >= 0.6 is 11.3 Å². The molecule has 0 radical (unpaired) electrons. The van der Waals surface area contributed by atoms with Crippen molar-refractivity contribution in [3.8, 4) is 16.2 Å². The highest BCUT2D eigenvalue weighted by Crippen LogP contribution is 2.45. The van der Waals surface area contributed by atoms with Gasteiger partial charge in [0.2, 0.25) is 0 Å². The smallest absolute Gasteiger partial charge is 0.258 e. The first-order chi connectivity index (χ1) is 11.7. The summed E-state index contributed by atoms with van der Waals surface area (Å²) in [5.41, 5.74) is 4.11. The molecule has 0 saturated carbocycles. The molecule has 4 rings (SSSR count). The van der Waals surface area contributed by atoms with Crippen LogP contribution in [0.4, 0.5) is 5.69 Å². The topological polar surface area (TPSA) is 29.5 Å². The molecule has 0 aliphatic carbocycles. The van der Waals surface area contributed by atoms with Crippen LogP contribution in [0.1, 0.15) is 20.8 Å². The summed E-state index contributed by atoms with van der Waals surface area (Å²) in [7, 11) is 1.62. The lowest BCUT2D eigenvalue weighted by atomic mass is 9.99. The zero-order chi connectivity index (χ0) is 16.7. The summed E-state index contributed by atoms with van der Waals surface area (Å²) in [6, 6.07) is 17.7. The normalized spacial score (nSPS) is 12.5. The summed E-state index contributed by atoms with van der Waals surface area (Å²) < 4.78 is 5.18. The minimum absolute atomic E-state index is 0.0196. The Labute approximate surface area is 145 Å². The van der Waals surface area contributed by atoms with Crippen molar-refractivity contribution in [1.82, 2.24) is 0 Å². The van der Waals surface area contributed by atoms with Gasteiger partial charge in [-0.1, -0.05) is 24.3 Å². The molecule has 0 unspecified atom stereocenters. The second-order valence-corrected chi connectivity index (χ2v) is 7.10. The first kappa shape index (κ1) is 15.0. The van der Waals surface area contributed by atoms with Crippen LogP contribution in [0.25, 0.3) is 10.4 Å². The quantitative estimate of drug-likeness (QED) is 0.667. The number of fused-ring (bicyclic) bond motifs is 3. The minimum Gasteiger partial charge on any atom is -0.497 e. The number of anilines is 1. The molecule has 0 N–H and O–H groups in total. The molecule has 0 atom stereocenters. The SMILES string of the molecule is COc1ccc(C(=O)N2Cc3ccccc3-c3sc(C)cc32)cc1. The Bertz CT molecular complexity index is 912. The lowest BCUT2D eigenvalue weighted by molar-refractivity contribution is 0.0985. The van der Waals surface area contributed by atoms with E-state index in [9.17, 15) is 4.79 Å². The average Bonchev–Trinajstić information content (AvgIpc) is 3.02. The highest BCUT2D eigenvalue weighted by atomic mass is 32.1. The molecule has 0 fully saturated rings. The number of benzene rings is 2. The number of ether oxygens (including phenoxy) is 1. The third-order valence-electron chi connectivity index (χ3n) is 4.30. The van der Waals surface area contributed by atoms with Crippen LogP contribution < -0.4 is 9.64 Å². The number of carbonyl (C=O) groups excluding carboxylic acids is 1. The summed E-state index contributed by atoms with van der Waals surface area (Å²) in [4.78, 5) is 17.3. The van der Waals surface area contributed by atoms with E-state index in [1.807, 2.05) is 35.2 Å². The fraction of sp³-hybridized carbons (Fsp3) is 0.150. The van der Waals surface area contributed by atoms with E-state index in [0.717, 1.165) is 11.4 Å². The van der Waals surface area contributed by atoms with Gasteiger partial charge in [-0.3, -0.25) is 4.79 Å². The third kappa shape index (κ3) is 2.39. The van der Waals surface area contributed by atoms with Gasteiger partial charge in [-0.15, -0.1) is 11.3 Å². The van der Waals surface area contributed by atoms with Gasteiger partial charge in [-0.05, 0) is 48.4 Å². The van der Waals surface area contributed by atoms with Crippen LogP contribution in [-0.4, -0.2) is 13.0 Å². The average molecular weight is 335 g/mol.